The average molecular weight is 341 g/mol. The van der Waals surface area contributed by atoms with E-state index in [2.05, 4.69) is 20.9 Å². The normalized spacial score (nSPS) is 27.4. The van der Waals surface area contributed by atoms with Crippen LogP contribution in [0.15, 0.2) is 24.4 Å². The Morgan fingerprint density at radius 1 is 0.960 bits per heavy atom. The largest absolute Gasteiger partial charge is 0.332 e. The van der Waals surface area contributed by atoms with E-state index in [1.54, 1.807) is 0 Å². The number of nitrogens with zero attached hydrogens (tertiary/aromatic N) is 3. The van der Waals surface area contributed by atoms with Gasteiger partial charge in [0.05, 0.1) is 11.7 Å². The zero-order valence-electron chi connectivity index (χ0n) is 15.3. The summed E-state index contributed by atoms with van der Waals surface area (Å²) < 4.78 is 0. The fourth-order valence-electron chi connectivity index (χ4n) is 5.28. The zero-order chi connectivity index (χ0) is 17.1. The number of carbonyl (C=O) groups excluding carboxylic acids is 1. The molecule has 1 aromatic heterocycles. The predicted octanol–water partition coefficient (Wildman–Crippen LogP) is 3.93. The van der Waals surface area contributed by atoms with Crippen molar-refractivity contribution in [1.29, 1.82) is 0 Å². The highest BCUT2D eigenvalue weighted by Gasteiger charge is 2.49. The summed E-state index contributed by atoms with van der Waals surface area (Å²) in [5.41, 5.74) is 0.841. The minimum Gasteiger partial charge on any atom is -0.332 e. The third-order valence-electron chi connectivity index (χ3n) is 6.58. The van der Waals surface area contributed by atoms with Gasteiger partial charge in [0.15, 0.2) is 0 Å². The summed E-state index contributed by atoms with van der Waals surface area (Å²) in [4.78, 5) is 23.2. The quantitative estimate of drug-likeness (QED) is 0.836. The number of piperidine rings is 1. The molecule has 2 aliphatic heterocycles. The first kappa shape index (κ1) is 17.0. The Labute approximate surface area is 151 Å². The highest BCUT2D eigenvalue weighted by Crippen LogP contribution is 2.41. The standard InChI is InChI=1S/C21H31N3O/c25-20(24-17-9-11-19(24)18-10-3-6-14-22-18)21(12-4-1-5-13-21)23-15-7-2-8-16-23/h3,6,10,14,19H,1-2,4-5,7-9,11-13,15-17H2. The maximum Gasteiger partial charge on any atom is 0.243 e. The molecule has 3 aliphatic rings. The van der Waals surface area contributed by atoms with E-state index < -0.39 is 0 Å². The lowest BCUT2D eigenvalue weighted by molar-refractivity contribution is -0.149. The lowest BCUT2D eigenvalue weighted by Gasteiger charge is -2.49. The van der Waals surface area contributed by atoms with E-state index in [1.807, 2.05) is 18.3 Å². The van der Waals surface area contributed by atoms with Crippen LogP contribution in [0.1, 0.15) is 75.9 Å². The first-order chi connectivity index (χ1) is 12.3. The van der Waals surface area contributed by atoms with Crippen LogP contribution >= 0.6 is 0 Å². The Morgan fingerprint density at radius 3 is 2.44 bits per heavy atom. The van der Waals surface area contributed by atoms with Crippen LogP contribution < -0.4 is 0 Å². The molecule has 3 fully saturated rings. The Balaban J connectivity index is 1.61. The van der Waals surface area contributed by atoms with Crippen LogP contribution in [0.25, 0.3) is 0 Å². The second-order valence-electron chi connectivity index (χ2n) is 8.05. The van der Waals surface area contributed by atoms with E-state index >= 15 is 0 Å². The number of carbonyl (C=O) groups is 1. The predicted molar refractivity (Wildman–Crippen MR) is 99.2 cm³/mol. The summed E-state index contributed by atoms with van der Waals surface area (Å²) in [6.07, 6.45) is 13.6. The van der Waals surface area contributed by atoms with Crippen LogP contribution in [0.3, 0.4) is 0 Å². The molecule has 0 spiro atoms. The number of rotatable bonds is 3. The van der Waals surface area contributed by atoms with Crippen LogP contribution in [0.2, 0.25) is 0 Å². The molecule has 0 aromatic carbocycles. The van der Waals surface area contributed by atoms with Crippen molar-refractivity contribution < 1.29 is 4.79 Å². The fraction of sp³-hybridized carbons (Fsp3) is 0.714. The van der Waals surface area contributed by atoms with E-state index in [9.17, 15) is 4.79 Å². The molecule has 0 N–H and O–H groups in total. The summed E-state index contributed by atoms with van der Waals surface area (Å²) in [5, 5.41) is 0. The van der Waals surface area contributed by atoms with Crippen molar-refractivity contribution in [2.24, 2.45) is 0 Å². The summed E-state index contributed by atoms with van der Waals surface area (Å²) in [6, 6.07) is 6.27. The van der Waals surface area contributed by atoms with E-state index in [0.717, 1.165) is 51.0 Å². The highest BCUT2D eigenvalue weighted by molar-refractivity contribution is 5.87. The van der Waals surface area contributed by atoms with Gasteiger partial charge in [-0.1, -0.05) is 31.7 Å². The van der Waals surface area contributed by atoms with E-state index in [-0.39, 0.29) is 11.6 Å². The first-order valence-corrected chi connectivity index (χ1v) is 10.3. The molecule has 4 nitrogen and oxygen atoms in total. The minimum atomic E-state index is -0.226. The summed E-state index contributed by atoms with van der Waals surface area (Å²) >= 11 is 0. The van der Waals surface area contributed by atoms with Gasteiger partial charge in [-0.3, -0.25) is 14.7 Å². The molecule has 1 aliphatic carbocycles. The maximum absolute atomic E-state index is 13.9. The van der Waals surface area contributed by atoms with Gasteiger partial charge in [-0.25, -0.2) is 0 Å². The average Bonchev–Trinajstić information content (AvgIpc) is 3.19. The maximum atomic E-state index is 13.9. The number of hydrogen-bond acceptors (Lipinski definition) is 3. The molecule has 4 heteroatoms. The van der Waals surface area contributed by atoms with Crippen LogP contribution in [0.5, 0.6) is 0 Å². The summed E-state index contributed by atoms with van der Waals surface area (Å²) in [7, 11) is 0. The van der Waals surface area contributed by atoms with Crippen molar-refractivity contribution >= 4 is 5.91 Å². The Bertz CT molecular complexity index is 576. The van der Waals surface area contributed by atoms with Crippen LogP contribution in [-0.2, 0) is 4.79 Å². The van der Waals surface area contributed by atoms with Gasteiger partial charge in [0.2, 0.25) is 5.91 Å². The van der Waals surface area contributed by atoms with Crippen molar-refractivity contribution in [1.82, 2.24) is 14.8 Å². The second-order valence-corrected chi connectivity index (χ2v) is 8.05. The second kappa shape index (κ2) is 7.45. The van der Waals surface area contributed by atoms with E-state index in [0.29, 0.717) is 5.91 Å². The van der Waals surface area contributed by atoms with Crippen molar-refractivity contribution in [2.45, 2.75) is 75.8 Å². The molecule has 0 bridgehead atoms. The van der Waals surface area contributed by atoms with E-state index in [4.69, 9.17) is 0 Å². The highest BCUT2D eigenvalue weighted by atomic mass is 16.2. The number of amides is 1. The number of likely N-dealkylation sites (tertiary alicyclic amines) is 2. The molecule has 3 heterocycles. The molecule has 1 aromatic rings. The topological polar surface area (TPSA) is 36.4 Å². The molecule has 25 heavy (non-hydrogen) atoms. The van der Waals surface area contributed by atoms with Crippen LogP contribution in [0.4, 0.5) is 0 Å². The Morgan fingerprint density at radius 2 is 1.72 bits per heavy atom. The Kier molecular flexibility index (Phi) is 5.07. The smallest absolute Gasteiger partial charge is 0.243 e. The third-order valence-corrected chi connectivity index (χ3v) is 6.58. The van der Waals surface area contributed by atoms with Gasteiger partial charge in [0.1, 0.15) is 5.54 Å². The molecular weight excluding hydrogens is 310 g/mol. The molecule has 0 radical (unpaired) electrons. The zero-order valence-corrected chi connectivity index (χ0v) is 15.3. The molecule has 1 saturated carbocycles. The van der Waals surface area contributed by atoms with E-state index in [1.165, 1.54) is 38.5 Å². The monoisotopic (exact) mass is 341 g/mol. The minimum absolute atomic E-state index is 0.178. The number of pyridine rings is 1. The third kappa shape index (κ3) is 3.21. The van der Waals surface area contributed by atoms with Crippen LogP contribution in [0, 0.1) is 0 Å². The molecule has 136 valence electrons. The van der Waals surface area contributed by atoms with Crippen molar-refractivity contribution in [3.8, 4) is 0 Å². The van der Waals surface area contributed by atoms with Gasteiger partial charge < -0.3 is 4.90 Å². The van der Waals surface area contributed by atoms with Crippen molar-refractivity contribution in [3.63, 3.8) is 0 Å². The first-order valence-electron chi connectivity index (χ1n) is 10.3. The van der Waals surface area contributed by atoms with Gasteiger partial charge >= 0.3 is 0 Å². The molecule has 4 rings (SSSR count). The van der Waals surface area contributed by atoms with Gasteiger partial charge in [-0.15, -0.1) is 0 Å². The van der Waals surface area contributed by atoms with Gasteiger partial charge in [-0.2, -0.15) is 0 Å². The summed E-state index contributed by atoms with van der Waals surface area (Å²) in [5.74, 6) is 0.405. The molecule has 2 saturated heterocycles. The van der Waals surface area contributed by atoms with Gasteiger partial charge in [0.25, 0.3) is 0 Å². The fourth-order valence-corrected chi connectivity index (χ4v) is 5.28. The molecule has 1 atom stereocenters. The summed E-state index contributed by atoms with van der Waals surface area (Å²) in [6.45, 7) is 3.11. The molecular formula is C21H31N3O. The Hall–Kier alpha value is -1.42. The molecule has 1 amide bonds. The van der Waals surface area contributed by atoms with Crippen molar-refractivity contribution in [2.75, 3.05) is 19.6 Å². The lowest BCUT2D eigenvalue weighted by Crippen LogP contribution is -2.61. The number of hydrogen-bond donors (Lipinski definition) is 0. The van der Waals surface area contributed by atoms with Gasteiger partial charge in [0, 0.05) is 12.7 Å². The SMILES string of the molecule is O=C(N1CCCC1c1ccccn1)C1(N2CCCCC2)CCCCC1. The number of aromatic nitrogens is 1. The van der Waals surface area contributed by atoms with Crippen LogP contribution in [-0.4, -0.2) is 45.9 Å². The molecule has 1 unspecified atom stereocenters. The van der Waals surface area contributed by atoms with Gasteiger partial charge in [-0.05, 0) is 63.7 Å². The van der Waals surface area contributed by atoms with Crippen molar-refractivity contribution in [3.05, 3.63) is 30.1 Å². The lowest BCUT2D eigenvalue weighted by atomic mass is 9.78.